The Morgan fingerprint density at radius 2 is 1.86 bits per heavy atom. The lowest BCUT2D eigenvalue weighted by Gasteiger charge is -2.19. The number of aromatic nitrogens is 1. The molecule has 0 saturated heterocycles. The molecule has 1 N–H and O–H groups in total. The lowest BCUT2D eigenvalue weighted by atomic mass is 10.1. The third-order valence-electron chi connectivity index (χ3n) is 5.08. The van der Waals surface area contributed by atoms with Gasteiger partial charge in [0, 0.05) is 39.0 Å². The van der Waals surface area contributed by atoms with Gasteiger partial charge < -0.3 is 9.73 Å². The molecule has 3 aromatic rings. The summed E-state index contributed by atoms with van der Waals surface area (Å²) in [6.45, 7) is 5.34. The van der Waals surface area contributed by atoms with Crippen LogP contribution in [0.2, 0.25) is 0 Å². The maximum atomic E-state index is 12.4. The summed E-state index contributed by atoms with van der Waals surface area (Å²) in [6.07, 6.45) is 1.58. The molecule has 1 amide bonds. The Hall–Kier alpha value is -2.92. The lowest BCUT2D eigenvalue weighted by molar-refractivity contribution is 0.0914. The second-order valence-corrected chi connectivity index (χ2v) is 7.32. The molecular formula is C23H25N3O2. The molecule has 1 aliphatic heterocycles. The fourth-order valence-corrected chi connectivity index (χ4v) is 3.59. The van der Waals surface area contributed by atoms with Gasteiger partial charge in [-0.15, -0.1) is 0 Å². The Kier molecular flexibility index (Phi) is 5.53. The summed E-state index contributed by atoms with van der Waals surface area (Å²) >= 11 is 0. The number of hydrogen-bond donors (Lipinski definition) is 1. The van der Waals surface area contributed by atoms with Gasteiger partial charge >= 0.3 is 5.91 Å². The van der Waals surface area contributed by atoms with E-state index in [1.807, 2.05) is 30.3 Å². The third kappa shape index (κ3) is 4.49. The number of oxazole rings is 1. The first-order valence-electron chi connectivity index (χ1n) is 9.76. The van der Waals surface area contributed by atoms with Gasteiger partial charge in [0.15, 0.2) is 0 Å². The maximum absolute atomic E-state index is 12.4. The zero-order chi connectivity index (χ0) is 19.3. The minimum absolute atomic E-state index is 0.174. The van der Waals surface area contributed by atoms with E-state index in [0.717, 1.165) is 49.5 Å². The van der Waals surface area contributed by atoms with Crippen LogP contribution in [0.3, 0.4) is 0 Å². The molecule has 5 heteroatoms. The molecule has 0 radical (unpaired) electrons. The minimum atomic E-state index is -0.256. The summed E-state index contributed by atoms with van der Waals surface area (Å²) < 4.78 is 5.80. The van der Waals surface area contributed by atoms with Crippen LogP contribution in [0, 0.1) is 6.92 Å². The fourth-order valence-electron chi connectivity index (χ4n) is 3.59. The lowest BCUT2D eigenvalue weighted by Crippen LogP contribution is -2.26. The van der Waals surface area contributed by atoms with Gasteiger partial charge in [0.25, 0.3) is 5.89 Å². The number of hydrogen-bond acceptors (Lipinski definition) is 4. The number of carbonyl (C=O) groups excluding carboxylic acids is 1. The molecule has 2 aromatic carbocycles. The third-order valence-corrected chi connectivity index (χ3v) is 5.08. The van der Waals surface area contributed by atoms with Crippen molar-refractivity contribution >= 4 is 5.91 Å². The van der Waals surface area contributed by atoms with E-state index in [1.54, 1.807) is 0 Å². The highest BCUT2D eigenvalue weighted by atomic mass is 16.4. The molecule has 0 aliphatic carbocycles. The van der Waals surface area contributed by atoms with E-state index in [1.165, 1.54) is 11.1 Å². The largest absolute Gasteiger partial charge is 0.437 e. The minimum Gasteiger partial charge on any atom is -0.437 e. The highest BCUT2D eigenvalue weighted by molar-refractivity contribution is 5.89. The zero-order valence-corrected chi connectivity index (χ0v) is 16.1. The van der Waals surface area contributed by atoms with Crippen molar-refractivity contribution in [1.29, 1.82) is 0 Å². The van der Waals surface area contributed by atoms with Crippen LogP contribution in [0.5, 0.6) is 0 Å². The second-order valence-electron chi connectivity index (χ2n) is 7.32. The van der Waals surface area contributed by atoms with Crippen molar-refractivity contribution < 1.29 is 9.21 Å². The first-order valence-corrected chi connectivity index (χ1v) is 9.76. The number of carbonyl (C=O) groups is 1. The molecule has 4 rings (SSSR count). The summed E-state index contributed by atoms with van der Waals surface area (Å²) in [5.41, 5.74) is 4.58. The van der Waals surface area contributed by atoms with Crippen LogP contribution in [-0.2, 0) is 25.9 Å². The van der Waals surface area contributed by atoms with Gasteiger partial charge in [-0.2, -0.15) is 0 Å². The smallest absolute Gasteiger partial charge is 0.307 e. The van der Waals surface area contributed by atoms with E-state index >= 15 is 0 Å². The molecule has 28 heavy (non-hydrogen) atoms. The van der Waals surface area contributed by atoms with Crippen molar-refractivity contribution in [2.45, 2.75) is 32.9 Å². The van der Waals surface area contributed by atoms with Gasteiger partial charge in [-0.25, -0.2) is 4.98 Å². The Labute approximate surface area is 165 Å². The number of amides is 1. The number of fused-ring (bicyclic) bond motifs is 1. The molecular weight excluding hydrogens is 350 g/mol. The van der Waals surface area contributed by atoms with Crippen LogP contribution in [-0.4, -0.2) is 28.9 Å². The van der Waals surface area contributed by atoms with E-state index in [0.29, 0.717) is 6.54 Å². The van der Waals surface area contributed by atoms with Crippen molar-refractivity contribution in [3.63, 3.8) is 0 Å². The number of nitrogens with one attached hydrogen (secondary N) is 1. The molecule has 1 aliphatic rings. The highest BCUT2D eigenvalue weighted by Gasteiger charge is 2.22. The van der Waals surface area contributed by atoms with E-state index in [2.05, 4.69) is 46.4 Å². The SMILES string of the molecule is Cc1cccc(CN2CCc3nc(C(=O)NCc4ccccc4)oc3CC2)c1. The van der Waals surface area contributed by atoms with E-state index in [4.69, 9.17) is 4.42 Å². The predicted molar refractivity (Wildman–Crippen MR) is 108 cm³/mol. The van der Waals surface area contributed by atoms with Gasteiger partial charge in [-0.05, 0) is 18.1 Å². The number of aryl methyl sites for hydroxylation is 1. The predicted octanol–water partition coefficient (Wildman–Crippen LogP) is 3.51. The molecule has 0 bridgehead atoms. The Bertz CT molecular complexity index is 924. The Morgan fingerprint density at radius 1 is 1.07 bits per heavy atom. The number of rotatable bonds is 5. The van der Waals surface area contributed by atoms with Crippen LogP contribution in [0.1, 0.15) is 38.8 Å². The Balaban J connectivity index is 1.35. The molecule has 0 spiro atoms. The molecule has 5 nitrogen and oxygen atoms in total. The van der Waals surface area contributed by atoms with Gasteiger partial charge in [-0.3, -0.25) is 9.69 Å². The van der Waals surface area contributed by atoms with Crippen molar-refractivity contribution in [2.24, 2.45) is 0 Å². The van der Waals surface area contributed by atoms with Crippen LogP contribution in [0.25, 0.3) is 0 Å². The summed E-state index contributed by atoms with van der Waals surface area (Å²) in [7, 11) is 0. The quantitative estimate of drug-likeness (QED) is 0.741. The van der Waals surface area contributed by atoms with Crippen LogP contribution in [0.4, 0.5) is 0 Å². The molecule has 2 heterocycles. The summed E-state index contributed by atoms with van der Waals surface area (Å²) in [4.78, 5) is 19.3. The van der Waals surface area contributed by atoms with Crippen molar-refractivity contribution in [3.8, 4) is 0 Å². The normalized spacial score (nSPS) is 14.3. The van der Waals surface area contributed by atoms with Crippen LogP contribution >= 0.6 is 0 Å². The highest BCUT2D eigenvalue weighted by Crippen LogP contribution is 2.19. The fraction of sp³-hybridized carbons (Fsp3) is 0.304. The van der Waals surface area contributed by atoms with Gasteiger partial charge in [0.1, 0.15) is 5.76 Å². The summed E-state index contributed by atoms with van der Waals surface area (Å²) in [5.74, 6) is 0.762. The first-order chi connectivity index (χ1) is 13.7. The average Bonchev–Trinajstić information content (AvgIpc) is 3.03. The summed E-state index contributed by atoms with van der Waals surface area (Å²) in [5, 5.41) is 2.88. The molecule has 0 fully saturated rings. The summed E-state index contributed by atoms with van der Waals surface area (Å²) in [6, 6.07) is 18.5. The van der Waals surface area contributed by atoms with Crippen LogP contribution in [0.15, 0.2) is 59.0 Å². The van der Waals surface area contributed by atoms with Gasteiger partial charge in [-0.1, -0.05) is 60.2 Å². The van der Waals surface area contributed by atoms with Crippen molar-refractivity contribution in [2.75, 3.05) is 13.1 Å². The van der Waals surface area contributed by atoms with Crippen molar-refractivity contribution in [1.82, 2.24) is 15.2 Å². The molecule has 0 saturated carbocycles. The van der Waals surface area contributed by atoms with E-state index in [-0.39, 0.29) is 11.8 Å². The zero-order valence-electron chi connectivity index (χ0n) is 16.1. The van der Waals surface area contributed by atoms with Crippen molar-refractivity contribution in [3.05, 3.63) is 88.6 Å². The average molecular weight is 375 g/mol. The first kappa shape index (κ1) is 18.4. The standard InChI is InChI=1S/C23H25N3O2/c1-17-6-5-9-19(14-17)16-26-12-10-20-21(11-13-26)28-23(25-20)22(27)24-15-18-7-3-2-4-8-18/h2-9,14H,10-13,15-16H2,1H3,(H,24,27). The second kappa shape index (κ2) is 8.40. The topological polar surface area (TPSA) is 58.4 Å². The maximum Gasteiger partial charge on any atom is 0.307 e. The molecule has 144 valence electrons. The van der Waals surface area contributed by atoms with Gasteiger partial charge in [0.2, 0.25) is 0 Å². The monoisotopic (exact) mass is 375 g/mol. The van der Waals surface area contributed by atoms with Gasteiger partial charge in [0.05, 0.1) is 5.69 Å². The molecule has 1 aromatic heterocycles. The van der Waals surface area contributed by atoms with E-state index < -0.39 is 0 Å². The van der Waals surface area contributed by atoms with E-state index in [9.17, 15) is 4.79 Å². The molecule has 0 unspecified atom stereocenters. The Morgan fingerprint density at radius 3 is 2.68 bits per heavy atom. The number of nitrogens with zero attached hydrogens (tertiary/aromatic N) is 2. The molecule has 0 atom stereocenters. The number of benzene rings is 2. The van der Waals surface area contributed by atoms with Crippen LogP contribution < -0.4 is 5.32 Å².